The molecule has 3 rings (SSSR count). The Morgan fingerprint density at radius 2 is 2.04 bits per heavy atom. The van der Waals surface area contributed by atoms with E-state index in [4.69, 9.17) is 4.74 Å². The van der Waals surface area contributed by atoms with Crippen molar-refractivity contribution in [3.05, 3.63) is 65.4 Å². The summed E-state index contributed by atoms with van der Waals surface area (Å²) in [7, 11) is 0. The molecule has 1 aromatic carbocycles. The highest BCUT2D eigenvalue weighted by Gasteiger charge is 2.14. The molecular weight excluding hydrogens is 326 g/mol. The molecule has 3 aromatic rings. The maximum absolute atomic E-state index is 12.4. The van der Waals surface area contributed by atoms with Gasteiger partial charge in [-0.2, -0.15) is 0 Å². The fourth-order valence-electron chi connectivity index (χ4n) is 2.11. The monoisotopic (exact) mass is 341 g/mol. The molecule has 2 aromatic heterocycles. The number of nitrogens with zero attached hydrogens (tertiary/aromatic N) is 2. The summed E-state index contributed by atoms with van der Waals surface area (Å²) < 4.78 is 6.79. The van der Waals surface area contributed by atoms with E-state index in [0.717, 1.165) is 5.69 Å². The maximum Gasteiger partial charge on any atom is 0.357 e. The summed E-state index contributed by atoms with van der Waals surface area (Å²) >= 11 is 1.18. The van der Waals surface area contributed by atoms with Gasteiger partial charge in [-0.25, -0.2) is 9.78 Å². The highest BCUT2D eigenvalue weighted by Crippen LogP contribution is 2.18. The summed E-state index contributed by atoms with van der Waals surface area (Å²) in [5, 5.41) is 4.61. The Kier molecular flexibility index (Phi) is 4.72. The molecule has 2 heterocycles. The van der Waals surface area contributed by atoms with E-state index in [2.05, 4.69) is 10.3 Å². The first-order chi connectivity index (χ1) is 11.7. The molecule has 0 saturated carbocycles. The van der Waals surface area contributed by atoms with Crippen molar-refractivity contribution in [1.82, 2.24) is 9.55 Å². The number of hydrogen-bond acceptors (Lipinski definition) is 5. The van der Waals surface area contributed by atoms with Crippen molar-refractivity contribution in [2.75, 3.05) is 11.9 Å². The van der Waals surface area contributed by atoms with Gasteiger partial charge >= 0.3 is 5.97 Å². The zero-order valence-corrected chi connectivity index (χ0v) is 13.7. The van der Waals surface area contributed by atoms with Crippen LogP contribution in [0, 0.1) is 0 Å². The van der Waals surface area contributed by atoms with Gasteiger partial charge in [0.15, 0.2) is 10.8 Å². The van der Waals surface area contributed by atoms with Crippen LogP contribution in [0.5, 0.6) is 0 Å². The lowest BCUT2D eigenvalue weighted by Crippen LogP contribution is -2.12. The average Bonchev–Trinajstić information content (AvgIpc) is 3.27. The van der Waals surface area contributed by atoms with E-state index in [1.807, 2.05) is 41.2 Å². The number of carbonyl (C=O) groups is 2. The third kappa shape index (κ3) is 3.52. The van der Waals surface area contributed by atoms with Gasteiger partial charge in [0, 0.05) is 29.0 Å². The number of benzene rings is 1. The largest absolute Gasteiger partial charge is 0.461 e. The van der Waals surface area contributed by atoms with Crippen molar-refractivity contribution in [2.24, 2.45) is 0 Å². The SMILES string of the molecule is CCOC(=O)c1csc(NC(=O)c2cccc(-n3cccc3)c2)n1. The average molecular weight is 341 g/mol. The second-order valence-corrected chi connectivity index (χ2v) is 5.71. The standard InChI is InChI=1S/C17H15N3O3S/c1-2-23-16(22)14-11-24-17(18-14)19-15(21)12-6-5-7-13(10-12)20-8-3-4-9-20/h3-11H,2H2,1H3,(H,18,19,21). The van der Waals surface area contributed by atoms with Crippen molar-refractivity contribution in [2.45, 2.75) is 6.92 Å². The summed E-state index contributed by atoms with van der Waals surface area (Å²) in [5.74, 6) is -0.780. The molecule has 0 radical (unpaired) electrons. The molecule has 0 bridgehead atoms. The van der Waals surface area contributed by atoms with E-state index in [1.165, 1.54) is 11.3 Å². The minimum atomic E-state index is -0.496. The van der Waals surface area contributed by atoms with Crippen LogP contribution in [-0.2, 0) is 4.74 Å². The lowest BCUT2D eigenvalue weighted by molar-refractivity contribution is 0.0520. The van der Waals surface area contributed by atoms with Gasteiger partial charge in [-0.05, 0) is 37.3 Å². The first-order valence-corrected chi connectivity index (χ1v) is 8.22. The van der Waals surface area contributed by atoms with Crippen LogP contribution in [-0.4, -0.2) is 28.0 Å². The number of esters is 1. The quantitative estimate of drug-likeness (QED) is 0.722. The Bertz CT molecular complexity index is 856. The number of thiazole rings is 1. The van der Waals surface area contributed by atoms with Gasteiger partial charge < -0.3 is 9.30 Å². The number of hydrogen-bond donors (Lipinski definition) is 1. The Labute approximate surface area is 142 Å². The second kappa shape index (κ2) is 7.10. The van der Waals surface area contributed by atoms with E-state index in [-0.39, 0.29) is 18.2 Å². The molecule has 6 nitrogen and oxygen atoms in total. The number of rotatable bonds is 5. The minimum absolute atomic E-state index is 0.193. The molecule has 122 valence electrons. The first kappa shape index (κ1) is 15.9. The van der Waals surface area contributed by atoms with E-state index >= 15 is 0 Å². The number of ether oxygens (including phenoxy) is 1. The number of aromatic nitrogens is 2. The second-order valence-electron chi connectivity index (χ2n) is 4.85. The molecule has 0 unspecified atom stereocenters. The van der Waals surface area contributed by atoms with Crippen LogP contribution in [0.4, 0.5) is 5.13 Å². The van der Waals surface area contributed by atoms with E-state index in [9.17, 15) is 9.59 Å². The van der Waals surface area contributed by atoms with Gasteiger partial charge in [0.2, 0.25) is 0 Å². The maximum atomic E-state index is 12.4. The zero-order valence-electron chi connectivity index (χ0n) is 12.9. The van der Waals surface area contributed by atoms with Crippen LogP contribution in [0.3, 0.4) is 0 Å². The number of anilines is 1. The van der Waals surface area contributed by atoms with Crippen LogP contribution < -0.4 is 5.32 Å². The summed E-state index contributed by atoms with van der Waals surface area (Å²) in [5.41, 5.74) is 1.59. The molecule has 0 aliphatic carbocycles. The molecule has 1 amide bonds. The van der Waals surface area contributed by atoms with Crippen LogP contribution in [0.15, 0.2) is 54.2 Å². The Morgan fingerprint density at radius 3 is 2.79 bits per heavy atom. The van der Waals surface area contributed by atoms with Gasteiger partial charge in [0.05, 0.1) is 6.61 Å². The van der Waals surface area contributed by atoms with Crippen LogP contribution in [0.2, 0.25) is 0 Å². The highest BCUT2D eigenvalue weighted by molar-refractivity contribution is 7.14. The summed E-state index contributed by atoms with van der Waals surface area (Å²) in [6, 6.07) is 11.1. The predicted octanol–water partition coefficient (Wildman–Crippen LogP) is 3.36. The molecule has 0 aliphatic heterocycles. The molecule has 0 saturated heterocycles. The smallest absolute Gasteiger partial charge is 0.357 e. The van der Waals surface area contributed by atoms with Crippen molar-refractivity contribution >= 4 is 28.3 Å². The molecular formula is C17H15N3O3S. The molecule has 0 atom stereocenters. The van der Waals surface area contributed by atoms with Gasteiger partial charge in [-0.15, -0.1) is 11.3 Å². The lowest BCUT2D eigenvalue weighted by atomic mass is 10.2. The Morgan fingerprint density at radius 1 is 1.25 bits per heavy atom. The van der Waals surface area contributed by atoms with Crippen molar-refractivity contribution in [3.63, 3.8) is 0 Å². The molecule has 0 aliphatic rings. The van der Waals surface area contributed by atoms with E-state index < -0.39 is 5.97 Å². The van der Waals surface area contributed by atoms with Gasteiger partial charge in [-0.1, -0.05) is 6.07 Å². The van der Waals surface area contributed by atoms with Crippen LogP contribution in [0.25, 0.3) is 5.69 Å². The highest BCUT2D eigenvalue weighted by atomic mass is 32.1. The van der Waals surface area contributed by atoms with Gasteiger partial charge in [0.25, 0.3) is 5.91 Å². The number of amides is 1. The van der Waals surface area contributed by atoms with Crippen molar-refractivity contribution in [3.8, 4) is 5.69 Å². The van der Waals surface area contributed by atoms with E-state index in [0.29, 0.717) is 10.7 Å². The number of carbonyl (C=O) groups excluding carboxylic acids is 2. The third-order valence-corrected chi connectivity index (χ3v) is 3.98. The molecule has 7 heteroatoms. The molecule has 0 spiro atoms. The minimum Gasteiger partial charge on any atom is -0.461 e. The van der Waals surface area contributed by atoms with Gasteiger partial charge in [-0.3, -0.25) is 10.1 Å². The van der Waals surface area contributed by atoms with Gasteiger partial charge in [0.1, 0.15) is 0 Å². The Balaban J connectivity index is 1.74. The Hall–Kier alpha value is -2.93. The fourth-order valence-corrected chi connectivity index (χ4v) is 2.79. The van der Waals surface area contributed by atoms with Crippen LogP contribution >= 0.6 is 11.3 Å². The van der Waals surface area contributed by atoms with Crippen molar-refractivity contribution in [1.29, 1.82) is 0 Å². The molecule has 0 fully saturated rings. The number of nitrogens with one attached hydrogen (secondary N) is 1. The first-order valence-electron chi connectivity index (χ1n) is 7.35. The molecule has 1 N–H and O–H groups in total. The molecule has 24 heavy (non-hydrogen) atoms. The summed E-state index contributed by atoms with van der Waals surface area (Å²) in [6.07, 6.45) is 3.81. The topological polar surface area (TPSA) is 73.2 Å². The predicted molar refractivity (Wildman–Crippen MR) is 91.8 cm³/mol. The lowest BCUT2D eigenvalue weighted by Gasteiger charge is -2.06. The van der Waals surface area contributed by atoms with Crippen molar-refractivity contribution < 1.29 is 14.3 Å². The fraction of sp³-hybridized carbons (Fsp3) is 0.118. The zero-order chi connectivity index (χ0) is 16.9. The van der Waals surface area contributed by atoms with E-state index in [1.54, 1.807) is 24.4 Å². The van der Waals surface area contributed by atoms with Crippen LogP contribution in [0.1, 0.15) is 27.8 Å². The normalized spacial score (nSPS) is 10.4. The summed E-state index contributed by atoms with van der Waals surface area (Å²) in [4.78, 5) is 28.0. The summed E-state index contributed by atoms with van der Waals surface area (Å²) in [6.45, 7) is 2.01. The third-order valence-electron chi connectivity index (χ3n) is 3.22.